The summed E-state index contributed by atoms with van der Waals surface area (Å²) in [6.45, 7) is 0.454. The standard InChI is InChI=1S/C22H29N11O12P2/c1-7-13-8(43-19(7)32-4-26-11-15(32)28-21(24)30-17(11)34)3-42-47(38,39)45-14-9(2-41-46(36,37)6-40-13)44-20(10(14)23)33-5-27-12-16(33)29-22(25)31-18(12)35/h4-5,7-10,13-14,19-20H,2-3,6,23H2,1H3,(H,36,37)(H,38,39)(H3,24,28,30,34)(H3,25,29,31,35)/t7-,8-,9-,10-,13?,14?,19-,20?/m1/s1. The van der Waals surface area contributed by atoms with Gasteiger partial charge >= 0.3 is 15.4 Å². The summed E-state index contributed by atoms with van der Waals surface area (Å²) in [4.78, 5) is 67.0. The smallest absolute Gasteiger partial charge is 0.369 e. The van der Waals surface area contributed by atoms with Crippen LogP contribution in [0, 0.1) is 5.92 Å². The van der Waals surface area contributed by atoms with Crippen LogP contribution in [0.3, 0.4) is 0 Å². The van der Waals surface area contributed by atoms with Gasteiger partial charge in [0.2, 0.25) is 11.9 Å². The minimum atomic E-state index is -4.95. The van der Waals surface area contributed by atoms with Crippen molar-refractivity contribution in [3.63, 3.8) is 0 Å². The highest BCUT2D eigenvalue weighted by atomic mass is 31.2. The van der Waals surface area contributed by atoms with E-state index in [1.165, 1.54) is 21.8 Å². The van der Waals surface area contributed by atoms with Crippen LogP contribution < -0.4 is 28.3 Å². The van der Waals surface area contributed by atoms with Gasteiger partial charge in [0.05, 0.1) is 38.0 Å². The molecule has 23 nitrogen and oxygen atoms in total. The average Bonchev–Trinajstić information content (AvgIpc) is 3.74. The molecule has 0 spiro atoms. The van der Waals surface area contributed by atoms with Gasteiger partial charge in [-0.1, -0.05) is 6.92 Å². The van der Waals surface area contributed by atoms with E-state index in [1.54, 1.807) is 6.92 Å². The first-order chi connectivity index (χ1) is 22.2. The predicted molar refractivity (Wildman–Crippen MR) is 156 cm³/mol. The third-order valence-corrected chi connectivity index (χ3v) is 10.0. The maximum Gasteiger partial charge on any atom is 0.472 e. The molecule has 0 aliphatic carbocycles. The molecule has 10 atom stereocenters. The molecule has 0 saturated carbocycles. The summed E-state index contributed by atoms with van der Waals surface area (Å²) in [5, 5.41) is 0. The number of fused-ring (bicyclic) bond motifs is 4. The molecule has 0 aromatic carbocycles. The molecule has 47 heavy (non-hydrogen) atoms. The molecular weight excluding hydrogens is 672 g/mol. The molecule has 4 aromatic heterocycles. The highest BCUT2D eigenvalue weighted by molar-refractivity contribution is 7.52. The van der Waals surface area contributed by atoms with Gasteiger partial charge in [-0.3, -0.25) is 42.3 Å². The minimum absolute atomic E-state index is 0.00709. The molecule has 3 aliphatic heterocycles. The molecule has 0 radical (unpaired) electrons. The van der Waals surface area contributed by atoms with Gasteiger partial charge in [-0.15, -0.1) is 0 Å². The zero-order valence-electron chi connectivity index (χ0n) is 24.2. The third-order valence-electron chi connectivity index (χ3n) is 8.02. The van der Waals surface area contributed by atoms with Crippen molar-refractivity contribution in [1.29, 1.82) is 0 Å². The van der Waals surface area contributed by atoms with E-state index in [1.807, 2.05) is 0 Å². The Morgan fingerprint density at radius 2 is 1.40 bits per heavy atom. The van der Waals surface area contributed by atoms with Crippen LogP contribution in [0.15, 0.2) is 22.2 Å². The van der Waals surface area contributed by atoms with Crippen molar-refractivity contribution in [3.05, 3.63) is 33.4 Å². The first kappa shape index (κ1) is 32.0. The van der Waals surface area contributed by atoms with Crippen LogP contribution in [-0.2, 0) is 36.9 Å². The number of hydrogen-bond donors (Lipinski definition) is 7. The number of nitrogens with two attached hydrogens (primary N) is 3. The van der Waals surface area contributed by atoms with Gasteiger partial charge < -0.3 is 45.7 Å². The maximum atomic E-state index is 13.3. The van der Waals surface area contributed by atoms with E-state index in [4.69, 9.17) is 45.0 Å². The van der Waals surface area contributed by atoms with E-state index in [-0.39, 0.29) is 34.2 Å². The fourth-order valence-corrected chi connectivity index (χ4v) is 7.69. The molecule has 254 valence electrons. The SMILES string of the molecule is C[C@@H]1C2OCP(=O)(O)OC[C@H]3OC(n4cnc5c(=O)[nH]c(N)nc54)[C@H](N)C3OP(=O)(O)OC[C@H]2O[C@H]1n1cnc2c(=O)[nH]c(N)nc21. The van der Waals surface area contributed by atoms with E-state index in [0.717, 1.165) is 0 Å². The molecule has 3 aliphatic rings. The number of nitrogen functional groups attached to an aromatic ring is 2. The topological polar surface area (TPSA) is 335 Å². The Morgan fingerprint density at radius 3 is 2.02 bits per heavy atom. The van der Waals surface area contributed by atoms with Crippen LogP contribution >= 0.6 is 15.4 Å². The molecule has 7 rings (SSSR count). The fourth-order valence-electron chi connectivity index (χ4n) is 5.89. The lowest BCUT2D eigenvalue weighted by Gasteiger charge is -2.24. The summed E-state index contributed by atoms with van der Waals surface area (Å²) >= 11 is 0. The number of nitrogens with zero attached hydrogens (tertiary/aromatic N) is 6. The Labute approximate surface area is 261 Å². The van der Waals surface area contributed by atoms with Crippen molar-refractivity contribution >= 4 is 49.6 Å². The summed E-state index contributed by atoms with van der Waals surface area (Å²) in [5.74, 6) is -1.00. The van der Waals surface area contributed by atoms with Gasteiger partial charge in [0.1, 0.15) is 30.9 Å². The van der Waals surface area contributed by atoms with Crippen LogP contribution in [0.1, 0.15) is 19.4 Å². The first-order valence-corrected chi connectivity index (χ1v) is 17.2. The molecule has 25 heteroatoms. The van der Waals surface area contributed by atoms with E-state index >= 15 is 0 Å². The van der Waals surface area contributed by atoms with Gasteiger partial charge in [-0.25, -0.2) is 14.5 Å². The summed E-state index contributed by atoms with van der Waals surface area (Å²) in [6.07, 6.45) is -5.31. The summed E-state index contributed by atoms with van der Waals surface area (Å²) in [6, 6.07) is -1.25. The summed E-state index contributed by atoms with van der Waals surface area (Å²) < 4.78 is 63.1. The number of phosphoric acid groups is 1. The van der Waals surface area contributed by atoms with Crippen molar-refractivity contribution in [2.24, 2.45) is 11.7 Å². The molecule has 3 saturated heterocycles. The van der Waals surface area contributed by atoms with E-state index in [2.05, 4.69) is 29.9 Å². The van der Waals surface area contributed by atoms with Crippen molar-refractivity contribution in [2.75, 3.05) is 31.0 Å². The Morgan fingerprint density at radius 1 is 0.872 bits per heavy atom. The maximum absolute atomic E-state index is 13.3. The van der Waals surface area contributed by atoms with Crippen LogP contribution in [0.4, 0.5) is 11.9 Å². The summed E-state index contributed by atoms with van der Waals surface area (Å²) in [5.41, 5.74) is 16.6. The number of ether oxygens (including phenoxy) is 3. The second-order valence-electron chi connectivity index (χ2n) is 11.1. The number of anilines is 2. The largest absolute Gasteiger partial charge is 0.472 e. The zero-order chi connectivity index (χ0) is 33.4. The van der Waals surface area contributed by atoms with E-state index in [0.29, 0.717) is 0 Å². The Balaban J connectivity index is 1.17. The highest BCUT2D eigenvalue weighted by Gasteiger charge is 2.51. The van der Waals surface area contributed by atoms with Gasteiger partial charge in [-0.05, 0) is 0 Å². The van der Waals surface area contributed by atoms with Crippen LogP contribution in [0.5, 0.6) is 0 Å². The number of imidazole rings is 2. The van der Waals surface area contributed by atoms with Crippen molar-refractivity contribution in [3.8, 4) is 0 Å². The van der Waals surface area contributed by atoms with E-state index < -0.39 is 94.9 Å². The van der Waals surface area contributed by atoms with Crippen LogP contribution in [0.25, 0.3) is 22.3 Å². The second-order valence-corrected chi connectivity index (χ2v) is 14.3. The number of phosphoric ester groups is 1. The normalized spacial score (nSPS) is 36.9. The number of aromatic amines is 2. The van der Waals surface area contributed by atoms with Gasteiger partial charge in [0, 0.05) is 5.92 Å². The predicted octanol–water partition coefficient (Wildman–Crippen LogP) is -1.76. The van der Waals surface area contributed by atoms with Crippen LogP contribution in [0.2, 0.25) is 0 Å². The fraction of sp³-hybridized carbons (Fsp3) is 0.545. The number of H-pyrrole nitrogens is 2. The zero-order valence-corrected chi connectivity index (χ0v) is 26.0. The molecular formula is C22H29N11O12P2. The molecule has 4 aromatic rings. The minimum Gasteiger partial charge on any atom is -0.369 e. The quantitative estimate of drug-likeness (QED) is 0.114. The van der Waals surface area contributed by atoms with Crippen LogP contribution in [-0.4, -0.2) is 98.8 Å². The lowest BCUT2D eigenvalue weighted by Crippen LogP contribution is -2.41. The summed E-state index contributed by atoms with van der Waals surface area (Å²) in [7, 11) is -9.46. The van der Waals surface area contributed by atoms with Gasteiger partial charge in [0.15, 0.2) is 28.6 Å². The number of rotatable bonds is 2. The monoisotopic (exact) mass is 701 g/mol. The first-order valence-electron chi connectivity index (χ1n) is 14.0. The van der Waals surface area contributed by atoms with E-state index in [9.17, 15) is 28.5 Å². The molecule has 7 heterocycles. The third kappa shape index (κ3) is 5.78. The van der Waals surface area contributed by atoms with Crippen molar-refractivity contribution in [1.82, 2.24) is 39.0 Å². The Bertz CT molecular complexity index is 2070. The number of nitrogens with one attached hydrogen (secondary N) is 2. The highest BCUT2D eigenvalue weighted by Crippen LogP contribution is 2.52. The molecule has 5 unspecified atom stereocenters. The Hall–Kier alpha value is -3.60. The lowest BCUT2D eigenvalue weighted by molar-refractivity contribution is -0.0576. The number of hydrogen-bond acceptors (Lipinski definition) is 17. The second kappa shape index (κ2) is 11.5. The molecule has 3 fully saturated rings. The van der Waals surface area contributed by atoms with Gasteiger partial charge in [-0.2, -0.15) is 9.97 Å². The van der Waals surface area contributed by atoms with Crippen molar-refractivity contribution < 1.29 is 46.7 Å². The molecule has 10 N–H and O–H groups in total. The van der Waals surface area contributed by atoms with Crippen molar-refractivity contribution in [2.45, 2.75) is 49.8 Å². The molecule has 0 bridgehead atoms. The van der Waals surface area contributed by atoms with Gasteiger partial charge in [0.25, 0.3) is 11.1 Å². The average molecular weight is 701 g/mol. The lowest BCUT2D eigenvalue weighted by atomic mass is 10.0. The Kier molecular flexibility index (Phi) is 7.84. The number of aromatic nitrogens is 8. The molecule has 0 amide bonds.